The van der Waals surface area contributed by atoms with Crippen molar-refractivity contribution in [2.45, 2.75) is 12.8 Å². The van der Waals surface area contributed by atoms with Gasteiger partial charge in [0.25, 0.3) is 5.91 Å². The molecule has 1 amide bonds. The van der Waals surface area contributed by atoms with Crippen LogP contribution in [-0.4, -0.2) is 57.6 Å². The molecule has 0 radical (unpaired) electrons. The Morgan fingerprint density at radius 3 is 2.45 bits per heavy atom. The Morgan fingerprint density at radius 1 is 0.939 bits per heavy atom. The van der Waals surface area contributed by atoms with Crippen molar-refractivity contribution in [2.24, 2.45) is 4.99 Å². The molecule has 2 N–H and O–H groups in total. The van der Waals surface area contributed by atoms with Gasteiger partial charge in [0.05, 0.1) is 6.61 Å². The molecule has 33 heavy (non-hydrogen) atoms. The zero-order valence-corrected chi connectivity index (χ0v) is 21.8. The van der Waals surface area contributed by atoms with Crippen molar-refractivity contribution >= 4 is 46.6 Å². The summed E-state index contributed by atoms with van der Waals surface area (Å²) in [5.74, 6) is 1.67. The fourth-order valence-corrected chi connectivity index (χ4v) is 3.39. The van der Waals surface area contributed by atoms with Crippen molar-refractivity contribution in [3.8, 4) is 5.75 Å². The fourth-order valence-electron chi connectivity index (χ4n) is 3.39. The Kier molecular flexibility index (Phi) is 11.0. The normalized spacial score (nSPS) is 10.9. The van der Waals surface area contributed by atoms with Gasteiger partial charge < -0.3 is 20.3 Å². The molecule has 0 heterocycles. The Morgan fingerprint density at radius 2 is 1.70 bits per heavy atom. The van der Waals surface area contributed by atoms with Gasteiger partial charge in [-0.1, -0.05) is 42.5 Å². The summed E-state index contributed by atoms with van der Waals surface area (Å²) in [6.45, 7) is 2.13. The van der Waals surface area contributed by atoms with Crippen molar-refractivity contribution < 1.29 is 9.53 Å². The molecule has 0 aromatic heterocycles. The van der Waals surface area contributed by atoms with E-state index in [0.29, 0.717) is 12.2 Å². The van der Waals surface area contributed by atoms with Crippen LogP contribution in [0, 0.1) is 0 Å². The number of hydrogen-bond acceptors (Lipinski definition) is 3. The largest absolute Gasteiger partial charge is 0.494 e. The number of guanidine groups is 1. The first-order chi connectivity index (χ1) is 15.6. The molecule has 0 fully saturated rings. The van der Waals surface area contributed by atoms with Crippen LogP contribution >= 0.6 is 24.0 Å². The average molecular weight is 560 g/mol. The number of carbonyl (C=O) groups is 1. The second-order valence-electron chi connectivity index (χ2n) is 7.79. The van der Waals surface area contributed by atoms with Crippen LogP contribution in [0.1, 0.15) is 22.3 Å². The third-order valence-electron chi connectivity index (χ3n) is 5.11. The molecule has 7 heteroatoms. The minimum absolute atomic E-state index is 0. The van der Waals surface area contributed by atoms with Gasteiger partial charge in [-0.3, -0.25) is 9.79 Å². The first kappa shape index (κ1) is 26.4. The van der Waals surface area contributed by atoms with E-state index in [1.54, 1.807) is 26.0 Å². The van der Waals surface area contributed by atoms with E-state index < -0.39 is 0 Å². The Labute approximate surface area is 213 Å². The highest BCUT2D eigenvalue weighted by Gasteiger charge is 2.08. The van der Waals surface area contributed by atoms with Crippen molar-refractivity contribution in [2.75, 3.05) is 40.8 Å². The zero-order valence-electron chi connectivity index (χ0n) is 19.5. The van der Waals surface area contributed by atoms with Gasteiger partial charge in [0.1, 0.15) is 5.75 Å². The maximum Gasteiger partial charge on any atom is 0.253 e. The van der Waals surface area contributed by atoms with E-state index in [4.69, 9.17) is 4.74 Å². The van der Waals surface area contributed by atoms with E-state index in [1.165, 1.54) is 10.8 Å². The molecule has 3 aromatic rings. The van der Waals surface area contributed by atoms with Gasteiger partial charge in [0.15, 0.2) is 5.96 Å². The lowest BCUT2D eigenvalue weighted by atomic mass is 10.1. The lowest BCUT2D eigenvalue weighted by molar-refractivity contribution is 0.0827. The highest BCUT2D eigenvalue weighted by atomic mass is 127. The van der Waals surface area contributed by atoms with Crippen LogP contribution in [0.15, 0.2) is 71.7 Å². The maximum absolute atomic E-state index is 12.1. The topological polar surface area (TPSA) is 66.0 Å². The molecule has 0 bridgehead atoms. The Hall–Kier alpha value is -2.81. The van der Waals surface area contributed by atoms with E-state index in [-0.39, 0.29) is 29.9 Å². The fraction of sp³-hybridized carbons (Fsp3) is 0.308. The Balaban J connectivity index is 0.00000385. The molecule has 0 aliphatic rings. The number of amides is 1. The second kappa shape index (κ2) is 13.7. The summed E-state index contributed by atoms with van der Waals surface area (Å²) in [5, 5.41) is 9.03. The predicted octanol–water partition coefficient (Wildman–Crippen LogP) is 4.34. The van der Waals surface area contributed by atoms with Crippen molar-refractivity contribution in [3.05, 3.63) is 77.9 Å². The van der Waals surface area contributed by atoms with Gasteiger partial charge >= 0.3 is 0 Å². The summed E-state index contributed by atoms with van der Waals surface area (Å²) in [5.41, 5.74) is 1.82. The lowest BCUT2D eigenvalue weighted by Crippen LogP contribution is -2.39. The van der Waals surface area contributed by atoms with Crippen molar-refractivity contribution in [1.29, 1.82) is 0 Å². The number of rotatable bonds is 9. The van der Waals surface area contributed by atoms with Crippen LogP contribution in [-0.2, 0) is 6.42 Å². The van der Waals surface area contributed by atoms with Crippen LogP contribution in [0.25, 0.3) is 10.8 Å². The maximum atomic E-state index is 12.1. The molecule has 0 aliphatic carbocycles. The Bertz CT molecular complexity index is 1070. The van der Waals surface area contributed by atoms with Gasteiger partial charge in [-0.25, -0.2) is 0 Å². The minimum atomic E-state index is 0. The number of fused-ring (bicyclic) bond motifs is 1. The summed E-state index contributed by atoms with van der Waals surface area (Å²) in [4.78, 5) is 18.0. The van der Waals surface area contributed by atoms with E-state index >= 15 is 0 Å². The minimum Gasteiger partial charge on any atom is -0.494 e. The summed E-state index contributed by atoms with van der Waals surface area (Å²) >= 11 is 0. The van der Waals surface area contributed by atoms with E-state index in [1.807, 2.05) is 42.5 Å². The molecule has 0 saturated carbocycles. The molecular formula is C26H33IN4O2. The van der Waals surface area contributed by atoms with Crippen LogP contribution in [0.2, 0.25) is 0 Å². The molecular weight excluding hydrogens is 527 g/mol. The number of carbonyl (C=O) groups excluding carboxylic acids is 1. The number of nitrogens with zero attached hydrogens (tertiary/aromatic N) is 2. The smallest absolute Gasteiger partial charge is 0.253 e. The quantitative estimate of drug-likeness (QED) is 0.177. The molecule has 0 aliphatic heterocycles. The summed E-state index contributed by atoms with van der Waals surface area (Å²) in [7, 11) is 5.29. The van der Waals surface area contributed by atoms with E-state index in [9.17, 15) is 4.79 Å². The zero-order chi connectivity index (χ0) is 22.8. The predicted molar refractivity (Wildman–Crippen MR) is 147 cm³/mol. The summed E-state index contributed by atoms with van der Waals surface area (Å²) in [6.07, 6.45) is 1.67. The second-order valence-corrected chi connectivity index (χ2v) is 7.79. The lowest BCUT2D eigenvalue weighted by Gasteiger charge is -2.13. The first-order valence-electron chi connectivity index (χ1n) is 10.9. The molecule has 3 rings (SSSR count). The van der Waals surface area contributed by atoms with E-state index in [0.717, 1.165) is 43.2 Å². The SMILES string of the molecule is CN=C(NCCCOc1ccc2ccccc2c1)NCCc1cccc(C(=O)N(C)C)c1.I. The van der Waals surface area contributed by atoms with Crippen LogP contribution < -0.4 is 15.4 Å². The van der Waals surface area contributed by atoms with E-state index in [2.05, 4.69) is 39.9 Å². The molecule has 6 nitrogen and oxygen atoms in total. The molecule has 0 saturated heterocycles. The van der Waals surface area contributed by atoms with Crippen molar-refractivity contribution in [3.63, 3.8) is 0 Å². The number of nitrogens with one attached hydrogen (secondary N) is 2. The van der Waals surface area contributed by atoms with Gasteiger partial charge in [0.2, 0.25) is 0 Å². The molecule has 3 aromatic carbocycles. The molecule has 0 atom stereocenters. The van der Waals surface area contributed by atoms with Crippen LogP contribution in [0.5, 0.6) is 5.75 Å². The van der Waals surface area contributed by atoms with Crippen LogP contribution in [0.4, 0.5) is 0 Å². The molecule has 0 unspecified atom stereocenters. The average Bonchev–Trinajstić information content (AvgIpc) is 2.82. The highest BCUT2D eigenvalue weighted by molar-refractivity contribution is 14.0. The van der Waals surface area contributed by atoms with Crippen LogP contribution in [0.3, 0.4) is 0 Å². The number of aliphatic imine (C=N–C) groups is 1. The number of halogens is 1. The highest BCUT2D eigenvalue weighted by Crippen LogP contribution is 2.20. The van der Waals surface area contributed by atoms with Gasteiger partial charge in [-0.15, -0.1) is 24.0 Å². The summed E-state index contributed by atoms with van der Waals surface area (Å²) in [6, 6.07) is 22.2. The molecule has 176 valence electrons. The molecule has 0 spiro atoms. The number of ether oxygens (including phenoxy) is 1. The van der Waals surface area contributed by atoms with Gasteiger partial charge in [-0.05, 0) is 53.4 Å². The standard InChI is InChI=1S/C26H32N4O2.HI/c1-27-26(29-16-14-20-8-6-11-23(18-20)25(31)30(2)3)28-15-7-17-32-24-13-12-21-9-4-5-10-22(21)19-24;/h4-6,8-13,18-19H,7,14-17H2,1-3H3,(H2,27,28,29);1H. The summed E-state index contributed by atoms with van der Waals surface area (Å²) < 4.78 is 5.88. The van der Waals surface area contributed by atoms with Gasteiger partial charge in [-0.2, -0.15) is 0 Å². The third kappa shape index (κ3) is 8.24. The first-order valence-corrected chi connectivity index (χ1v) is 10.9. The van der Waals surface area contributed by atoms with Gasteiger partial charge in [0, 0.05) is 39.8 Å². The monoisotopic (exact) mass is 560 g/mol. The number of benzene rings is 3. The van der Waals surface area contributed by atoms with Crippen molar-refractivity contribution in [1.82, 2.24) is 15.5 Å². The number of hydrogen-bond donors (Lipinski definition) is 2. The third-order valence-corrected chi connectivity index (χ3v) is 5.11.